The van der Waals surface area contributed by atoms with Crippen LogP contribution in [0.25, 0.3) is 0 Å². The summed E-state index contributed by atoms with van der Waals surface area (Å²) in [4.78, 5) is 35.9. The van der Waals surface area contributed by atoms with Gasteiger partial charge in [0, 0.05) is 12.4 Å². The van der Waals surface area contributed by atoms with Crippen LogP contribution in [0.15, 0.2) is 33.1 Å². The molecule has 0 aromatic carbocycles. The average molecular weight is 315 g/mol. The van der Waals surface area contributed by atoms with Crippen LogP contribution < -0.4 is 16.0 Å². The number of H-pyrrole nitrogens is 2. The van der Waals surface area contributed by atoms with E-state index in [9.17, 15) is 22.8 Å². The molecular weight excluding hydrogens is 306 g/mol. The Hall–Kier alpha value is -2.89. The van der Waals surface area contributed by atoms with Crippen LogP contribution in [0.4, 0.5) is 5.69 Å². The van der Waals surface area contributed by atoms with E-state index in [1.54, 1.807) is 4.98 Å². The molecule has 2 heterocycles. The number of carboxylic acid groups (broad SMARTS) is 1. The maximum absolute atomic E-state index is 12.0. The van der Waals surface area contributed by atoms with Crippen molar-refractivity contribution in [2.75, 3.05) is 4.72 Å². The topological polar surface area (TPSA) is 167 Å². The molecule has 0 aliphatic rings. The molecule has 0 aliphatic heterocycles. The molecule has 112 valence electrons. The summed E-state index contributed by atoms with van der Waals surface area (Å²) in [6.07, 6.45) is 2.98. The number of aliphatic carboxylic acids is 1. The molecular formula is C9H9N5O6S. The van der Waals surface area contributed by atoms with Gasteiger partial charge in [0.05, 0.1) is 11.9 Å². The minimum atomic E-state index is -4.24. The number of carbonyl (C=O) groups is 1. The van der Waals surface area contributed by atoms with Crippen molar-refractivity contribution < 1.29 is 18.3 Å². The highest BCUT2D eigenvalue weighted by Crippen LogP contribution is 2.11. The summed E-state index contributed by atoms with van der Waals surface area (Å²) in [6.45, 7) is -0.443. The third-order valence-corrected chi connectivity index (χ3v) is 3.64. The van der Waals surface area contributed by atoms with E-state index >= 15 is 0 Å². The van der Waals surface area contributed by atoms with Gasteiger partial charge < -0.3 is 10.1 Å². The fourth-order valence-corrected chi connectivity index (χ4v) is 2.48. The second-order valence-electron chi connectivity index (χ2n) is 3.86. The van der Waals surface area contributed by atoms with Crippen LogP contribution in [0, 0.1) is 0 Å². The summed E-state index contributed by atoms with van der Waals surface area (Å²) in [7, 11) is -4.24. The fourth-order valence-electron chi connectivity index (χ4n) is 1.45. The van der Waals surface area contributed by atoms with E-state index in [-0.39, 0.29) is 5.69 Å². The van der Waals surface area contributed by atoms with Crippen LogP contribution in [0.1, 0.15) is 0 Å². The van der Waals surface area contributed by atoms with Gasteiger partial charge >= 0.3 is 11.7 Å². The van der Waals surface area contributed by atoms with Crippen LogP contribution in [0.3, 0.4) is 0 Å². The Kier molecular flexibility index (Phi) is 3.62. The molecule has 0 saturated carbocycles. The van der Waals surface area contributed by atoms with E-state index < -0.39 is 38.7 Å². The van der Waals surface area contributed by atoms with E-state index in [1.165, 1.54) is 0 Å². The van der Waals surface area contributed by atoms with Crippen molar-refractivity contribution in [2.45, 2.75) is 11.4 Å². The smallest absolute Gasteiger partial charge is 0.325 e. The van der Waals surface area contributed by atoms with Crippen molar-refractivity contribution in [1.82, 2.24) is 19.7 Å². The highest BCUT2D eigenvalue weighted by molar-refractivity contribution is 7.92. The lowest BCUT2D eigenvalue weighted by Crippen LogP contribution is -2.29. The zero-order valence-corrected chi connectivity index (χ0v) is 11.0. The molecule has 2 rings (SSSR count). The molecule has 21 heavy (non-hydrogen) atoms. The third-order valence-electron chi connectivity index (χ3n) is 2.26. The first kappa shape index (κ1) is 14.5. The summed E-state index contributed by atoms with van der Waals surface area (Å²) in [5.74, 6) is -1.15. The van der Waals surface area contributed by atoms with Crippen molar-refractivity contribution >= 4 is 21.7 Å². The molecule has 0 bridgehead atoms. The maximum atomic E-state index is 12.0. The maximum Gasteiger partial charge on any atom is 0.325 e. The molecule has 4 N–H and O–H groups in total. The van der Waals surface area contributed by atoms with E-state index in [0.717, 1.165) is 23.3 Å². The average Bonchev–Trinajstić information content (AvgIpc) is 2.73. The lowest BCUT2D eigenvalue weighted by atomic mass is 10.6. The summed E-state index contributed by atoms with van der Waals surface area (Å²) in [5.41, 5.74) is -1.95. The predicted molar refractivity (Wildman–Crippen MR) is 68.4 cm³/mol. The Morgan fingerprint density at radius 2 is 2.14 bits per heavy atom. The Morgan fingerprint density at radius 1 is 1.43 bits per heavy atom. The molecule has 2 aromatic rings. The monoisotopic (exact) mass is 315 g/mol. The number of anilines is 1. The van der Waals surface area contributed by atoms with Gasteiger partial charge in [0.15, 0.2) is 4.90 Å². The second-order valence-corrected chi connectivity index (χ2v) is 5.51. The minimum Gasteiger partial charge on any atom is -0.480 e. The molecule has 0 saturated heterocycles. The number of hydrogen-bond acceptors (Lipinski definition) is 6. The lowest BCUT2D eigenvalue weighted by Gasteiger charge is -2.03. The number of rotatable bonds is 5. The predicted octanol–water partition coefficient (Wildman–Crippen LogP) is -1.85. The largest absolute Gasteiger partial charge is 0.480 e. The number of sulfonamides is 1. The molecule has 0 amide bonds. The third kappa shape index (κ3) is 3.36. The van der Waals surface area contributed by atoms with Crippen molar-refractivity contribution in [3.05, 3.63) is 39.4 Å². The standard InChI is InChI=1S/C9H9N5O6S/c15-7(16)4-14-3-5(1-11-14)13-21(19,20)6-2-10-9(18)12-8(6)17/h1-3,13H,4H2,(H,15,16)(H2,10,12,17,18). The van der Waals surface area contributed by atoms with Gasteiger partial charge in [-0.1, -0.05) is 0 Å². The highest BCUT2D eigenvalue weighted by Gasteiger charge is 2.19. The lowest BCUT2D eigenvalue weighted by molar-refractivity contribution is -0.137. The van der Waals surface area contributed by atoms with Gasteiger partial charge in [-0.3, -0.25) is 24.0 Å². The SMILES string of the molecule is O=C(O)Cn1cc(NS(=O)(=O)c2c[nH]c(=O)[nH]c2=O)cn1. The van der Waals surface area contributed by atoms with Crippen molar-refractivity contribution in [2.24, 2.45) is 0 Å². The summed E-state index contributed by atoms with van der Waals surface area (Å²) in [5, 5.41) is 12.2. The van der Waals surface area contributed by atoms with Gasteiger partial charge in [-0.25, -0.2) is 13.2 Å². The molecule has 12 heteroatoms. The Labute approximate surface area is 116 Å². The molecule has 2 aromatic heterocycles. The van der Waals surface area contributed by atoms with Crippen LogP contribution in [-0.2, 0) is 21.4 Å². The van der Waals surface area contributed by atoms with Gasteiger partial charge in [0.1, 0.15) is 6.54 Å². The number of nitrogens with one attached hydrogen (secondary N) is 3. The van der Waals surface area contributed by atoms with Gasteiger partial charge in [0.2, 0.25) is 0 Å². The normalized spacial score (nSPS) is 11.2. The van der Waals surface area contributed by atoms with E-state index in [1.807, 2.05) is 9.71 Å². The number of nitrogens with zero attached hydrogens (tertiary/aromatic N) is 2. The molecule has 11 nitrogen and oxygen atoms in total. The van der Waals surface area contributed by atoms with Crippen molar-refractivity contribution in [3.63, 3.8) is 0 Å². The highest BCUT2D eigenvalue weighted by atomic mass is 32.2. The Bertz CT molecular complexity index is 892. The number of carboxylic acids is 1. The molecule has 0 aliphatic carbocycles. The van der Waals surface area contributed by atoms with Gasteiger partial charge in [-0.05, 0) is 0 Å². The van der Waals surface area contributed by atoms with Crippen molar-refractivity contribution in [1.29, 1.82) is 0 Å². The quantitative estimate of drug-likeness (QED) is 0.502. The molecule has 0 spiro atoms. The van der Waals surface area contributed by atoms with Crippen molar-refractivity contribution in [3.8, 4) is 0 Å². The van der Waals surface area contributed by atoms with E-state index in [2.05, 4.69) is 5.10 Å². The van der Waals surface area contributed by atoms with Crippen LogP contribution in [-0.4, -0.2) is 39.2 Å². The molecule has 0 radical (unpaired) electrons. The van der Waals surface area contributed by atoms with Crippen LogP contribution in [0.5, 0.6) is 0 Å². The summed E-state index contributed by atoms with van der Waals surface area (Å²) in [6, 6.07) is 0. The fraction of sp³-hybridized carbons (Fsp3) is 0.111. The molecule has 0 fully saturated rings. The molecule has 0 unspecified atom stereocenters. The van der Waals surface area contributed by atoms with Crippen LogP contribution >= 0.6 is 0 Å². The van der Waals surface area contributed by atoms with Gasteiger partial charge in [-0.2, -0.15) is 5.10 Å². The first-order valence-corrected chi connectivity index (χ1v) is 6.85. The molecule has 0 atom stereocenters. The van der Waals surface area contributed by atoms with Gasteiger partial charge in [-0.15, -0.1) is 0 Å². The van der Waals surface area contributed by atoms with E-state index in [4.69, 9.17) is 5.11 Å². The minimum absolute atomic E-state index is 0.0261. The number of aromatic amines is 2. The van der Waals surface area contributed by atoms with Crippen LogP contribution in [0.2, 0.25) is 0 Å². The second kappa shape index (κ2) is 5.24. The van der Waals surface area contributed by atoms with Gasteiger partial charge in [0.25, 0.3) is 15.6 Å². The first-order chi connectivity index (χ1) is 9.78. The zero-order chi connectivity index (χ0) is 15.6. The Balaban J connectivity index is 2.29. The number of hydrogen-bond donors (Lipinski definition) is 4. The summed E-state index contributed by atoms with van der Waals surface area (Å²) >= 11 is 0. The van der Waals surface area contributed by atoms with E-state index in [0.29, 0.717) is 0 Å². The zero-order valence-electron chi connectivity index (χ0n) is 10.2. The Morgan fingerprint density at radius 3 is 2.76 bits per heavy atom. The number of aromatic nitrogens is 4. The first-order valence-electron chi connectivity index (χ1n) is 5.37. The summed E-state index contributed by atoms with van der Waals surface area (Å²) < 4.78 is 27.0.